The summed E-state index contributed by atoms with van der Waals surface area (Å²) in [5, 5.41) is 0.661. The van der Waals surface area contributed by atoms with Crippen molar-refractivity contribution in [1.82, 2.24) is 9.80 Å². The van der Waals surface area contributed by atoms with Crippen LogP contribution in [0.3, 0.4) is 0 Å². The van der Waals surface area contributed by atoms with Gasteiger partial charge in [-0.2, -0.15) is 0 Å². The van der Waals surface area contributed by atoms with Crippen LogP contribution in [0.4, 0.5) is 0 Å². The van der Waals surface area contributed by atoms with Crippen LogP contribution in [0, 0.1) is 0 Å². The molecular formula is C14H18N2OS. The Labute approximate surface area is 113 Å². The van der Waals surface area contributed by atoms with E-state index in [9.17, 15) is 0 Å². The van der Waals surface area contributed by atoms with Crippen LogP contribution in [0.2, 0.25) is 0 Å². The van der Waals surface area contributed by atoms with Gasteiger partial charge >= 0.3 is 0 Å². The van der Waals surface area contributed by atoms with E-state index in [4.69, 9.17) is 17.0 Å². The summed E-state index contributed by atoms with van der Waals surface area (Å²) in [5.74, 6) is 0. The van der Waals surface area contributed by atoms with Gasteiger partial charge in [0.25, 0.3) is 5.17 Å². The Hall–Kier alpha value is -1.13. The summed E-state index contributed by atoms with van der Waals surface area (Å²) in [4.78, 5) is 4.67. The van der Waals surface area contributed by atoms with Crippen molar-refractivity contribution in [2.45, 2.75) is 18.9 Å². The Morgan fingerprint density at radius 1 is 1.22 bits per heavy atom. The van der Waals surface area contributed by atoms with Crippen LogP contribution in [0.5, 0.6) is 0 Å². The standard InChI is InChI=1S/C14H18N2OS/c18-14-16(9-10-17-14)11-15-8-4-7-13(15)12-5-2-1-3-6-12/h1-3,5-6,13H,4,7-11H2/t13-/m0/s1. The topological polar surface area (TPSA) is 15.7 Å². The number of rotatable bonds is 3. The number of ether oxygens (including phenoxy) is 1. The summed E-state index contributed by atoms with van der Waals surface area (Å²) < 4.78 is 5.35. The zero-order chi connectivity index (χ0) is 12.4. The van der Waals surface area contributed by atoms with Gasteiger partial charge in [-0.05, 0) is 30.6 Å². The minimum absolute atomic E-state index is 0.537. The predicted molar refractivity (Wildman–Crippen MR) is 75.2 cm³/mol. The van der Waals surface area contributed by atoms with Crippen molar-refractivity contribution < 1.29 is 4.74 Å². The third-order valence-corrected chi connectivity index (χ3v) is 4.12. The fraction of sp³-hybridized carbons (Fsp3) is 0.500. The number of benzene rings is 1. The van der Waals surface area contributed by atoms with Crippen molar-refractivity contribution >= 4 is 17.4 Å². The van der Waals surface area contributed by atoms with Gasteiger partial charge in [-0.3, -0.25) is 4.90 Å². The smallest absolute Gasteiger partial charge is 0.260 e. The highest BCUT2D eigenvalue weighted by Crippen LogP contribution is 2.31. The molecule has 0 aromatic heterocycles. The minimum Gasteiger partial charge on any atom is -0.469 e. The maximum atomic E-state index is 5.35. The molecule has 0 N–H and O–H groups in total. The van der Waals surface area contributed by atoms with Gasteiger partial charge < -0.3 is 9.64 Å². The summed E-state index contributed by atoms with van der Waals surface area (Å²) in [6.45, 7) is 3.72. The third-order valence-electron chi connectivity index (χ3n) is 3.75. The number of likely N-dealkylation sites (tertiary alicyclic amines) is 1. The fourth-order valence-corrected chi connectivity index (χ4v) is 3.05. The Morgan fingerprint density at radius 2 is 2.06 bits per heavy atom. The highest BCUT2D eigenvalue weighted by molar-refractivity contribution is 7.80. The van der Waals surface area contributed by atoms with E-state index in [0.717, 1.165) is 26.4 Å². The molecule has 96 valence electrons. The molecule has 18 heavy (non-hydrogen) atoms. The van der Waals surface area contributed by atoms with Crippen LogP contribution in [0.1, 0.15) is 24.4 Å². The van der Waals surface area contributed by atoms with Crippen molar-refractivity contribution in [3.8, 4) is 0 Å². The van der Waals surface area contributed by atoms with Crippen LogP contribution in [-0.2, 0) is 4.74 Å². The molecule has 0 bridgehead atoms. The molecule has 0 spiro atoms. The van der Waals surface area contributed by atoms with Crippen molar-refractivity contribution in [3.05, 3.63) is 35.9 Å². The molecule has 4 heteroatoms. The molecule has 1 aromatic carbocycles. The highest BCUT2D eigenvalue weighted by Gasteiger charge is 2.29. The lowest BCUT2D eigenvalue weighted by Gasteiger charge is -2.29. The second-order valence-electron chi connectivity index (χ2n) is 4.90. The fourth-order valence-electron chi connectivity index (χ4n) is 2.82. The van der Waals surface area contributed by atoms with Crippen LogP contribution < -0.4 is 0 Å². The van der Waals surface area contributed by atoms with E-state index in [1.54, 1.807) is 0 Å². The van der Waals surface area contributed by atoms with E-state index >= 15 is 0 Å². The van der Waals surface area contributed by atoms with Crippen LogP contribution >= 0.6 is 12.2 Å². The van der Waals surface area contributed by atoms with Crippen molar-refractivity contribution in [3.63, 3.8) is 0 Å². The zero-order valence-corrected chi connectivity index (χ0v) is 11.2. The van der Waals surface area contributed by atoms with Gasteiger partial charge in [0, 0.05) is 12.6 Å². The van der Waals surface area contributed by atoms with E-state index in [2.05, 4.69) is 40.1 Å². The minimum atomic E-state index is 0.537. The third kappa shape index (κ3) is 2.35. The average molecular weight is 262 g/mol. The monoisotopic (exact) mass is 262 g/mol. The SMILES string of the molecule is S=C1OCCN1CN1CCC[C@H]1c1ccccc1. The van der Waals surface area contributed by atoms with Crippen LogP contribution in [0.25, 0.3) is 0 Å². The lowest BCUT2D eigenvalue weighted by Crippen LogP contribution is -2.38. The zero-order valence-electron chi connectivity index (χ0n) is 10.4. The van der Waals surface area contributed by atoms with Gasteiger partial charge in [0.05, 0.1) is 13.2 Å². The Kier molecular flexibility index (Phi) is 3.48. The Balaban J connectivity index is 1.70. The first kappa shape index (κ1) is 11.9. The Bertz CT molecular complexity index is 423. The molecule has 2 aliphatic rings. The van der Waals surface area contributed by atoms with Gasteiger partial charge in [0.1, 0.15) is 6.61 Å². The van der Waals surface area contributed by atoms with Gasteiger partial charge in [-0.1, -0.05) is 30.3 Å². The van der Waals surface area contributed by atoms with Gasteiger partial charge in [-0.15, -0.1) is 0 Å². The molecule has 1 atom stereocenters. The summed E-state index contributed by atoms with van der Waals surface area (Å²) in [5.41, 5.74) is 1.42. The van der Waals surface area contributed by atoms with Crippen molar-refractivity contribution in [1.29, 1.82) is 0 Å². The van der Waals surface area contributed by atoms with Crippen molar-refractivity contribution in [2.75, 3.05) is 26.4 Å². The molecule has 3 rings (SSSR count). The summed E-state index contributed by atoms with van der Waals surface area (Å²) in [7, 11) is 0. The summed E-state index contributed by atoms with van der Waals surface area (Å²) >= 11 is 5.21. The van der Waals surface area contributed by atoms with E-state index < -0.39 is 0 Å². The molecule has 1 aromatic rings. The molecule has 2 aliphatic heterocycles. The molecule has 0 radical (unpaired) electrons. The number of hydrogen-bond acceptors (Lipinski definition) is 3. The second-order valence-corrected chi connectivity index (χ2v) is 5.25. The second kappa shape index (κ2) is 5.24. The number of hydrogen-bond donors (Lipinski definition) is 0. The molecule has 0 unspecified atom stereocenters. The van der Waals surface area contributed by atoms with E-state index in [-0.39, 0.29) is 0 Å². The van der Waals surface area contributed by atoms with E-state index in [1.165, 1.54) is 18.4 Å². The maximum absolute atomic E-state index is 5.35. The highest BCUT2D eigenvalue weighted by atomic mass is 32.1. The van der Waals surface area contributed by atoms with Gasteiger partial charge in [-0.25, -0.2) is 0 Å². The first-order valence-corrected chi connectivity index (χ1v) is 6.96. The van der Waals surface area contributed by atoms with Crippen molar-refractivity contribution in [2.24, 2.45) is 0 Å². The largest absolute Gasteiger partial charge is 0.469 e. The van der Waals surface area contributed by atoms with Gasteiger partial charge in [0.15, 0.2) is 0 Å². The Morgan fingerprint density at radius 3 is 2.78 bits per heavy atom. The quantitative estimate of drug-likeness (QED) is 0.777. The number of nitrogens with zero attached hydrogens (tertiary/aromatic N) is 2. The normalized spacial score (nSPS) is 24.6. The molecule has 0 amide bonds. The molecule has 3 nitrogen and oxygen atoms in total. The predicted octanol–water partition coefficient (Wildman–Crippen LogP) is 2.40. The van der Waals surface area contributed by atoms with E-state index in [0.29, 0.717) is 11.2 Å². The van der Waals surface area contributed by atoms with E-state index in [1.807, 2.05) is 0 Å². The molecule has 0 saturated carbocycles. The molecular weight excluding hydrogens is 244 g/mol. The first-order chi connectivity index (χ1) is 8.84. The summed E-state index contributed by atoms with van der Waals surface area (Å²) in [6, 6.07) is 11.3. The molecule has 2 saturated heterocycles. The lowest BCUT2D eigenvalue weighted by atomic mass is 10.1. The van der Waals surface area contributed by atoms with Gasteiger partial charge in [0.2, 0.25) is 0 Å². The maximum Gasteiger partial charge on any atom is 0.260 e. The van der Waals surface area contributed by atoms with Crippen LogP contribution in [0.15, 0.2) is 30.3 Å². The first-order valence-electron chi connectivity index (χ1n) is 6.55. The molecule has 2 fully saturated rings. The van der Waals surface area contributed by atoms with Crippen LogP contribution in [-0.4, -0.2) is 41.3 Å². The average Bonchev–Trinajstić information content (AvgIpc) is 3.01. The molecule has 0 aliphatic carbocycles. The molecule has 2 heterocycles. The summed E-state index contributed by atoms with van der Waals surface area (Å²) in [6.07, 6.45) is 2.51. The lowest BCUT2D eigenvalue weighted by molar-refractivity contribution is 0.182. The number of thiocarbonyl (C=S) groups is 1.